The third-order valence-corrected chi connectivity index (χ3v) is 3.38. The highest BCUT2D eigenvalue weighted by atomic mass is 19.4. The van der Waals surface area contributed by atoms with Crippen LogP contribution in [0.5, 0.6) is 0 Å². The number of nitrogens with two attached hydrogens (primary N) is 1. The molecule has 190 valence electrons. The van der Waals surface area contributed by atoms with Crippen molar-refractivity contribution in [1.29, 1.82) is 0 Å². The number of carbonyl (C=O) groups is 3. The molecule has 0 aliphatic carbocycles. The number of carboxylic acids is 2. The number of anilines is 1. The van der Waals surface area contributed by atoms with Gasteiger partial charge in [0.05, 0.1) is 6.61 Å². The Hall–Kier alpha value is -3.91. The second-order valence-corrected chi connectivity index (χ2v) is 6.27. The number of halogens is 3. The molecule has 0 radical (unpaired) electrons. The number of hydrogen-bond donors (Lipinski definition) is 5. The molecule has 1 aromatic rings. The van der Waals surface area contributed by atoms with Gasteiger partial charge in [-0.3, -0.25) is 0 Å². The summed E-state index contributed by atoms with van der Waals surface area (Å²) in [5, 5.41) is 20.8. The quantitative estimate of drug-likeness (QED) is 0.132. The number of rotatable bonds is 11. The van der Waals surface area contributed by atoms with Crippen LogP contribution in [-0.4, -0.2) is 70.0 Å². The average molecular weight is 492 g/mol. The number of nitrogens with zero attached hydrogens (tertiary/aromatic N) is 3. The van der Waals surface area contributed by atoms with Crippen LogP contribution in [0, 0.1) is 0 Å². The first-order valence-electron chi connectivity index (χ1n) is 9.93. The van der Waals surface area contributed by atoms with Gasteiger partial charge in [-0.1, -0.05) is 6.42 Å². The van der Waals surface area contributed by atoms with Gasteiger partial charge in [0.2, 0.25) is 0 Å². The van der Waals surface area contributed by atoms with E-state index in [1.54, 1.807) is 6.92 Å². The number of carbonyl (C=O) groups excluding carboxylic acids is 1. The Bertz CT molecular complexity index is 832. The number of aliphatic carboxylic acids is 2. The summed E-state index contributed by atoms with van der Waals surface area (Å²) in [6.07, 6.45) is 0.788. The molecule has 0 spiro atoms. The number of carboxylic acid groups (broad SMARTS) is 2. The summed E-state index contributed by atoms with van der Waals surface area (Å²) in [5.41, 5.74) is 5.40. The summed E-state index contributed by atoms with van der Waals surface area (Å²) in [5.74, 6) is -2.06. The summed E-state index contributed by atoms with van der Waals surface area (Å²) >= 11 is 0. The lowest BCUT2D eigenvalue weighted by molar-refractivity contribution is -0.134. The molecule has 15 heteroatoms. The van der Waals surface area contributed by atoms with Crippen molar-refractivity contribution in [2.45, 2.75) is 38.8 Å². The Morgan fingerprint density at radius 2 is 1.82 bits per heavy atom. The van der Waals surface area contributed by atoms with E-state index in [4.69, 9.17) is 20.7 Å². The number of amides is 1. The van der Waals surface area contributed by atoms with Crippen LogP contribution in [0.2, 0.25) is 0 Å². The Morgan fingerprint density at radius 1 is 1.18 bits per heavy atom. The minimum absolute atomic E-state index is 0.280. The zero-order chi connectivity index (χ0) is 26.0. The molecule has 1 amide bonds. The van der Waals surface area contributed by atoms with Crippen LogP contribution in [0.15, 0.2) is 29.4 Å². The topological polar surface area (TPSA) is 189 Å². The predicted octanol–water partition coefficient (Wildman–Crippen LogP) is 1.94. The van der Waals surface area contributed by atoms with Crippen molar-refractivity contribution in [3.05, 3.63) is 30.2 Å². The number of aromatic nitrogens is 2. The van der Waals surface area contributed by atoms with E-state index in [0.717, 1.165) is 19.3 Å². The molecule has 6 N–H and O–H groups in total. The molecule has 34 heavy (non-hydrogen) atoms. The van der Waals surface area contributed by atoms with Gasteiger partial charge in [-0.05, 0) is 25.8 Å². The van der Waals surface area contributed by atoms with Gasteiger partial charge in [0.1, 0.15) is 18.2 Å². The van der Waals surface area contributed by atoms with Crippen LogP contribution in [0.4, 0.5) is 23.8 Å². The molecule has 0 fully saturated rings. The Morgan fingerprint density at radius 3 is 2.38 bits per heavy atom. The molecule has 0 unspecified atom stereocenters. The first-order chi connectivity index (χ1) is 15.9. The van der Waals surface area contributed by atoms with E-state index in [9.17, 15) is 27.6 Å². The van der Waals surface area contributed by atoms with Crippen molar-refractivity contribution >= 4 is 29.8 Å². The highest BCUT2D eigenvalue weighted by Gasteiger charge is 2.26. The van der Waals surface area contributed by atoms with Crippen LogP contribution < -0.4 is 16.4 Å². The number of ether oxygens (including phenoxy) is 1. The number of alkyl carbamates (subject to hydrolysis) is 1. The lowest BCUT2D eigenvalue weighted by atomic mass is 10.2. The highest BCUT2D eigenvalue weighted by Crippen LogP contribution is 2.14. The Balaban J connectivity index is 0.00000116. The van der Waals surface area contributed by atoms with Crippen LogP contribution in [0.3, 0.4) is 0 Å². The second kappa shape index (κ2) is 16.7. The van der Waals surface area contributed by atoms with Crippen molar-refractivity contribution in [1.82, 2.24) is 15.3 Å². The van der Waals surface area contributed by atoms with Crippen LogP contribution in [0.1, 0.15) is 32.0 Å². The average Bonchev–Trinajstić information content (AvgIpc) is 2.74. The lowest BCUT2D eigenvalue weighted by Gasteiger charge is -2.08. The van der Waals surface area contributed by atoms with Gasteiger partial charge in [0, 0.05) is 31.3 Å². The van der Waals surface area contributed by atoms with E-state index in [1.807, 2.05) is 0 Å². The summed E-state index contributed by atoms with van der Waals surface area (Å²) < 4.78 is 41.0. The fraction of sp³-hybridized carbons (Fsp3) is 0.474. The van der Waals surface area contributed by atoms with E-state index in [0.29, 0.717) is 37.5 Å². The minimum Gasteiger partial charge on any atom is -0.478 e. The summed E-state index contributed by atoms with van der Waals surface area (Å²) in [6.45, 7) is 1.23. The molecular formula is C19H27F3N6O6. The smallest absolute Gasteiger partial charge is 0.408 e. The van der Waals surface area contributed by atoms with Gasteiger partial charge >= 0.3 is 24.2 Å². The number of aliphatic imine (C=N–C) groups is 1. The van der Waals surface area contributed by atoms with Gasteiger partial charge in [0.25, 0.3) is 0 Å². The van der Waals surface area contributed by atoms with Gasteiger partial charge in [-0.15, -0.1) is 0 Å². The second-order valence-electron chi connectivity index (χ2n) is 6.27. The maximum Gasteiger partial charge on any atom is 0.408 e. The van der Waals surface area contributed by atoms with E-state index in [-0.39, 0.29) is 11.8 Å². The van der Waals surface area contributed by atoms with Crippen molar-refractivity contribution in [3.63, 3.8) is 0 Å². The maximum atomic E-state index is 12.1. The number of alkyl halides is 3. The summed E-state index contributed by atoms with van der Waals surface area (Å²) in [6, 6.07) is 1.49. The number of hydrogen-bond acceptors (Lipinski definition) is 7. The van der Waals surface area contributed by atoms with Gasteiger partial charge < -0.3 is 31.3 Å². The number of guanidine groups is 1. The van der Waals surface area contributed by atoms with Gasteiger partial charge in [-0.2, -0.15) is 13.2 Å². The maximum absolute atomic E-state index is 12.1. The first-order valence-corrected chi connectivity index (χ1v) is 9.93. The molecule has 12 nitrogen and oxygen atoms in total. The molecule has 1 heterocycles. The van der Waals surface area contributed by atoms with Gasteiger partial charge in [0.15, 0.2) is 5.96 Å². The fourth-order valence-electron chi connectivity index (χ4n) is 2.03. The molecule has 0 saturated heterocycles. The van der Waals surface area contributed by atoms with E-state index in [1.165, 1.54) is 12.3 Å². The molecular weight excluding hydrogens is 465 g/mol. The molecule has 1 aromatic heterocycles. The molecule has 0 aliphatic heterocycles. The van der Waals surface area contributed by atoms with E-state index in [2.05, 4.69) is 25.6 Å². The SMILES string of the molecule is CCOC(=O)NCCCCCc1nccc(NC(N)=NCC(F)(F)F)n1.O=C(O)C=CC(=O)O. The van der Waals surface area contributed by atoms with E-state index < -0.39 is 30.8 Å². The van der Waals surface area contributed by atoms with E-state index >= 15 is 0 Å². The van der Waals surface area contributed by atoms with Crippen LogP contribution in [0.25, 0.3) is 0 Å². The standard InChI is InChI=1S/C15H23F3N6O2.C4H4O4/c1-2-26-14(25)21-8-5-3-4-6-11-20-9-7-12(23-11)24-13(19)22-10-15(16,17)18;5-3(6)1-2-4(7)8/h7,9H,2-6,8,10H2,1H3,(H,21,25)(H3,19,20,22,23,24);1-2H,(H,5,6)(H,7,8). The van der Waals surface area contributed by atoms with Gasteiger partial charge in [-0.25, -0.2) is 29.3 Å². The summed E-state index contributed by atoms with van der Waals surface area (Å²) in [4.78, 5) is 41.7. The Labute approximate surface area is 193 Å². The number of unbranched alkanes of at least 4 members (excludes halogenated alkanes) is 2. The fourth-order valence-corrected chi connectivity index (χ4v) is 2.03. The first kappa shape index (κ1) is 30.1. The minimum atomic E-state index is -4.41. The van der Waals surface area contributed by atoms with Crippen LogP contribution >= 0.6 is 0 Å². The molecule has 0 bridgehead atoms. The van der Waals surface area contributed by atoms with Crippen molar-refractivity contribution in [2.24, 2.45) is 10.7 Å². The normalized spacial score (nSPS) is 11.4. The zero-order valence-corrected chi connectivity index (χ0v) is 18.3. The molecule has 0 atom stereocenters. The number of nitrogens with one attached hydrogen (secondary N) is 2. The lowest BCUT2D eigenvalue weighted by Crippen LogP contribution is -2.26. The molecule has 0 aromatic carbocycles. The van der Waals surface area contributed by atoms with Crippen molar-refractivity contribution in [3.8, 4) is 0 Å². The monoisotopic (exact) mass is 492 g/mol. The number of aryl methyl sites for hydroxylation is 1. The predicted molar refractivity (Wildman–Crippen MR) is 115 cm³/mol. The largest absolute Gasteiger partial charge is 0.478 e. The third kappa shape index (κ3) is 18.8. The summed E-state index contributed by atoms with van der Waals surface area (Å²) in [7, 11) is 0. The molecule has 0 saturated carbocycles. The third-order valence-electron chi connectivity index (χ3n) is 3.38. The Kier molecular flexibility index (Phi) is 14.8. The van der Waals surface area contributed by atoms with Crippen LogP contribution in [-0.2, 0) is 20.7 Å². The van der Waals surface area contributed by atoms with Crippen molar-refractivity contribution < 1.29 is 42.5 Å². The van der Waals surface area contributed by atoms with Crippen molar-refractivity contribution in [2.75, 3.05) is 25.0 Å². The zero-order valence-electron chi connectivity index (χ0n) is 18.3. The molecule has 1 rings (SSSR count). The highest BCUT2D eigenvalue weighted by molar-refractivity contribution is 5.91. The molecule has 0 aliphatic rings.